The fourth-order valence-corrected chi connectivity index (χ4v) is 1.89. The highest BCUT2D eigenvalue weighted by molar-refractivity contribution is 5.86. The number of hydrogen-bond donors (Lipinski definition) is 0. The minimum Gasteiger partial charge on any atom is -0.466 e. The van der Waals surface area contributed by atoms with Crippen LogP contribution in [-0.2, 0) is 9.53 Å². The topological polar surface area (TPSA) is 82.6 Å². The third-order valence-corrected chi connectivity index (χ3v) is 2.98. The van der Waals surface area contributed by atoms with E-state index >= 15 is 0 Å². The van der Waals surface area contributed by atoms with Crippen molar-refractivity contribution >= 4 is 17.7 Å². The van der Waals surface area contributed by atoms with Gasteiger partial charge in [0, 0.05) is 23.3 Å². The van der Waals surface area contributed by atoms with E-state index in [0.29, 0.717) is 22.6 Å². The van der Waals surface area contributed by atoms with Crippen LogP contribution in [-0.4, -0.2) is 18.0 Å². The lowest BCUT2D eigenvalue weighted by Crippen LogP contribution is -1.93. The van der Waals surface area contributed by atoms with Crippen LogP contribution in [0.2, 0.25) is 0 Å². The summed E-state index contributed by atoms with van der Waals surface area (Å²) in [4.78, 5) is 21.5. The highest BCUT2D eigenvalue weighted by atomic mass is 16.6. The number of carbonyl (C=O) groups excluding carboxylic acids is 1. The third kappa shape index (κ3) is 3.17. The van der Waals surface area contributed by atoms with Gasteiger partial charge in [0.15, 0.2) is 0 Å². The average molecular weight is 287 g/mol. The summed E-state index contributed by atoms with van der Waals surface area (Å²) in [5.41, 5.74) is 1.21. The summed E-state index contributed by atoms with van der Waals surface area (Å²) in [6, 6.07) is 8.16. The first-order chi connectivity index (χ1) is 10.0. The monoisotopic (exact) mass is 287 g/mol. The minimum atomic E-state index is -0.487. The molecular formula is C15H13NO5. The van der Waals surface area contributed by atoms with Gasteiger partial charge in [0.1, 0.15) is 11.5 Å². The molecule has 2 aromatic rings. The summed E-state index contributed by atoms with van der Waals surface area (Å²) in [6.45, 7) is 1.67. The molecule has 1 aromatic carbocycles. The maximum atomic E-state index is 11.0. The van der Waals surface area contributed by atoms with Crippen molar-refractivity contribution in [2.75, 3.05) is 7.11 Å². The molecule has 6 heteroatoms. The largest absolute Gasteiger partial charge is 0.466 e. The van der Waals surface area contributed by atoms with Gasteiger partial charge in [0.05, 0.1) is 12.0 Å². The number of furan rings is 1. The molecule has 0 unspecified atom stereocenters. The number of methoxy groups -OCH3 is 1. The van der Waals surface area contributed by atoms with E-state index in [9.17, 15) is 14.9 Å². The zero-order valence-electron chi connectivity index (χ0n) is 11.5. The van der Waals surface area contributed by atoms with Crippen molar-refractivity contribution in [3.63, 3.8) is 0 Å². The third-order valence-electron chi connectivity index (χ3n) is 2.98. The Morgan fingerprint density at radius 2 is 2.10 bits per heavy atom. The predicted octanol–water partition coefficient (Wildman–Crippen LogP) is 3.35. The Kier molecular flexibility index (Phi) is 4.18. The molecule has 0 aliphatic rings. The molecule has 0 atom stereocenters. The second kappa shape index (κ2) is 6.04. The van der Waals surface area contributed by atoms with E-state index < -0.39 is 10.9 Å². The van der Waals surface area contributed by atoms with Crippen LogP contribution in [0, 0.1) is 17.0 Å². The lowest BCUT2D eigenvalue weighted by Gasteiger charge is -2.02. The highest BCUT2D eigenvalue weighted by Gasteiger charge is 2.16. The van der Waals surface area contributed by atoms with Crippen LogP contribution in [0.25, 0.3) is 17.4 Å². The standard InChI is InChI=1S/C15H13NO5/c1-10-12(4-3-5-13(10)16(18)19)14-8-6-11(21-14)7-9-15(17)20-2/h3-9H,1-2H3/b9-7+. The zero-order chi connectivity index (χ0) is 15.4. The van der Waals surface area contributed by atoms with E-state index in [1.807, 2.05) is 0 Å². The fraction of sp³-hybridized carbons (Fsp3) is 0.133. The van der Waals surface area contributed by atoms with Gasteiger partial charge in [0.2, 0.25) is 0 Å². The van der Waals surface area contributed by atoms with Gasteiger partial charge in [-0.1, -0.05) is 12.1 Å². The zero-order valence-corrected chi connectivity index (χ0v) is 11.5. The maximum absolute atomic E-state index is 11.0. The lowest BCUT2D eigenvalue weighted by molar-refractivity contribution is -0.385. The highest BCUT2D eigenvalue weighted by Crippen LogP contribution is 2.31. The molecule has 6 nitrogen and oxygen atoms in total. The van der Waals surface area contributed by atoms with Crippen molar-refractivity contribution in [3.8, 4) is 11.3 Å². The Balaban J connectivity index is 2.34. The Bertz CT molecular complexity index is 715. The number of esters is 1. The molecule has 0 bridgehead atoms. The van der Waals surface area contributed by atoms with Crippen molar-refractivity contribution in [2.45, 2.75) is 6.92 Å². The smallest absolute Gasteiger partial charge is 0.330 e. The van der Waals surface area contributed by atoms with Crippen LogP contribution in [0.1, 0.15) is 11.3 Å². The van der Waals surface area contributed by atoms with Crippen LogP contribution in [0.3, 0.4) is 0 Å². The van der Waals surface area contributed by atoms with Gasteiger partial charge in [-0.15, -0.1) is 0 Å². The van der Waals surface area contributed by atoms with Crippen molar-refractivity contribution in [1.29, 1.82) is 0 Å². The molecule has 1 aromatic heterocycles. The van der Waals surface area contributed by atoms with E-state index in [0.717, 1.165) is 0 Å². The van der Waals surface area contributed by atoms with Crippen LogP contribution < -0.4 is 0 Å². The number of nitrogens with zero attached hydrogens (tertiary/aromatic N) is 1. The summed E-state index contributed by atoms with van der Waals surface area (Å²) in [7, 11) is 1.28. The number of benzene rings is 1. The summed E-state index contributed by atoms with van der Waals surface area (Å²) in [5, 5.41) is 10.9. The van der Waals surface area contributed by atoms with Crippen molar-refractivity contribution in [3.05, 3.63) is 57.8 Å². The van der Waals surface area contributed by atoms with Gasteiger partial charge >= 0.3 is 5.97 Å². The molecule has 0 saturated heterocycles. The van der Waals surface area contributed by atoms with Crippen LogP contribution in [0.4, 0.5) is 5.69 Å². The maximum Gasteiger partial charge on any atom is 0.330 e. The molecule has 0 N–H and O–H groups in total. The molecule has 0 aliphatic carbocycles. The van der Waals surface area contributed by atoms with Gasteiger partial charge in [0.25, 0.3) is 5.69 Å². The molecule has 0 saturated carbocycles. The second-order valence-electron chi connectivity index (χ2n) is 4.27. The first-order valence-corrected chi connectivity index (χ1v) is 6.13. The number of hydrogen-bond acceptors (Lipinski definition) is 5. The SMILES string of the molecule is COC(=O)/C=C/c1ccc(-c2cccc([N+](=O)[O-])c2C)o1. The van der Waals surface area contributed by atoms with Crippen molar-refractivity contribution in [2.24, 2.45) is 0 Å². The molecule has 0 radical (unpaired) electrons. The molecule has 1 heterocycles. The van der Waals surface area contributed by atoms with Gasteiger partial charge < -0.3 is 9.15 Å². The van der Waals surface area contributed by atoms with E-state index in [4.69, 9.17) is 4.42 Å². The molecule has 0 aliphatic heterocycles. The fourth-order valence-electron chi connectivity index (χ4n) is 1.89. The molecule has 0 spiro atoms. The Morgan fingerprint density at radius 3 is 2.76 bits per heavy atom. The normalized spacial score (nSPS) is 10.8. The quantitative estimate of drug-likeness (QED) is 0.372. The van der Waals surface area contributed by atoms with E-state index in [2.05, 4.69) is 4.74 Å². The second-order valence-corrected chi connectivity index (χ2v) is 4.27. The van der Waals surface area contributed by atoms with Gasteiger partial charge in [-0.05, 0) is 25.1 Å². The predicted molar refractivity (Wildman–Crippen MR) is 76.6 cm³/mol. The molecule has 108 valence electrons. The molecule has 2 rings (SSSR count). The van der Waals surface area contributed by atoms with Crippen LogP contribution >= 0.6 is 0 Å². The average Bonchev–Trinajstić information content (AvgIpc) is 2.93. The molecule has 21 heavy (non-hydrogen) atoms. The summed E-state index contributed by atoms with van der Waals surface area (Å²) in [5.74, 6) is 0.474. The molecular weight excluding hydrogens is 274 g/mol. The molecule has 0 amide bonds. The van der Waals surface area contributed by atoms with Crippen molar-refractivity contribution in [1.82, 2.24) is 0 Å². The summed E-state index contributed by atoms with van der Waals surface area (Å²) < 4.78 is 10.0. The number of nitro groups is 1. The van der Waals surface area contributed by atoms with Gasteiger partial charge in [-0.25, -0.2) is 4.79 Å². The Morgan fingerprint density at radius 1 is 1.33 bits per heavy atom. The van der Waals surface area contributed by atoms with Gasteiger partial charge in [-0.2, -0.15) is 0 Å². The minimum absolute atomic E-state index is 0.0375. The first-order valence-electron chi connectivity index (χ1n) is 6.13. The lowest BCUT2D eigenvalue weighted by atomic mass is 10.1. The number of carbonyl (C=O) groups is 1. The number of ether oxygens (including phenoxy) is 1. The first kappa shape index (κ1) is 14.5. The summed E-state index contributed by atoms with van der Waals surface area (Å²) >= 11 is 0. The summed E-state index contributed by atoms with van der Waals surface area (Å²) in [6.07, 6.45) is 2.71. The van der Waals surface area contributed by atoms with E-state index in [1.54, 1.807) is 31.2 Å². The van der Waals surface area contributed by atoms with Crippen LogP contribution in [0.15, 0.2) is 40.8 Å². The van der Waals surface area contributed by atoms with Crippen LogP contribution in [0.5, 0.6) is 0 Å². The number of nitro benzene ring substituents is 1. The van der Waals surface area contributed by atoms with Gasteiger partial charge in [-0.3, -0.25) is 10.1 Å². The number of rotatable bonds is 4. The molecule has 0 fully saturated rings. The van der Waals surface area contributed by atoms with E-state index in [1.165, 1.54) is 25.3 Å². The van der Waals surface area contributed by atoms with Crippen molar-refractivity contribution < 1.29 is 18.9 Å². The Labute approximate surface area is 120 Å². The van der Waals surface area contributed by atoms with E-state index in [-0.39, 0.29) is 5.69 Å². The Hall–Kier alpha value is -2.89.